The third kappa shape index (κ3) is 1.46. The van der Waals surface area contributed by atoms with Crippen LogP contribution in [0, 0.1) is 6.92 Å². The number of nitrogens with two attached hydrogens (primary N) is 1. The van der Waals surface area contributed by atoms with E-state index in [0.29, 0.717) is 6.54 Å². The molecule has 0 aliphatic heterocycles. The van der Waals surface area contributed by atoms with Crippen molar-refractivity contribution in [2.24, 2.45) is 5.73 Å². The van der Waals surface area contributed by atoms with Gasteiger partial charge in [0.15, 0.2) is 0 Å². The lowest BCUT2D eigenvalue weighted by molar-refractivity contribution is 0.661. The lowest BCUT2D eigenvalue weighted by Gasteiger charge is -2.18. The zero-order valence-corrected chi connectivity index (χ0v) is 8.14. The van der Waals surface area contributed by atoms with Gasteiger partial charge in [0.25, 0.3) is 0 Å². The van der Waals surface area contributed by atoms with Crippen LogP contribution in [0.5, 0.6) is 0 Å². The highest BCUT2D eigenvalue weighted by atomic mass is 14.7. The van der Waals surface area contributed by atoms with Crippen molar-refractivity contribution < 1.29 is 0 Å². The normalized spacial score (nSPS) is 15.5. The van der Waals surface area contributed by atoms with Crippen molar-refractivity contribution in [1.29, 1.82) is 0 Å². The minimum absolute atomic E-state index is 0.617. The summed E-state index contributed by atoms with van der Waals surface area (Å²) >= 11 is 0. The summed E-state index contributed by atoms with van der Waals surface area (Å²) < 4.78 is 0. The molecule has 2 heteroatoms. The van der Waals surface area contributed by atoms with Gasteiger partial charge in [-0.25, -0.2) is 0 Å². The highest BCUT2D eigenvalue weighted by Crippen LogP contribution is 2.24. The molecule has 0 radical (unpaired) electrons. The molecule has 0 saturated heterocycles. The van der Waals surface area contributed by atoms with Gasteiger partial charge in [-0.05, 0) is 49.3 Å². The molecule has 2 rings (SSSR count). The second kappa shape index (κ2) is 3.46. The van der Waals surface area contributed by atoms with Crippen LogP contribution in [-0.4, -0.2) is 4.98 Å². The van der Waals surface area contributed by atoms with Crippen LogP contribution in [0.25, 0.3) is 0 Å². The van der Waals surface area contributed by atoms with Gasteiger partial charge < -0.3 is 5.73 Å². The first-order valence-corrected chi connectivity index (χ1v) is 4.99. The van der Waals surface area contributed by atoms with E-state index in [2.05, 4.69) is 11.9 Å². The van der Waals surface area contributed by atoms with E-state index in [1.54, 1.807) is 0 Å². The Morgan fingerprint density at radius 2 is 2.15 bits per heavy atom. The molecular weight excluding hydrogens is 160 g/mol. The molecule has 0 fully saturated rings. The van der Waals surface area contributed by atoms with Gasteiger partial charge in [0.2, 0.25) is 0 Å². The number of rotatable bonds is 1. The molecule has 0 atom stereocenters. The molecule has 0 spiro atoms. The maximum atomic E-state index is 5.64. The zero-order valence-electron chi connectivity index (χ0n) is 8.14. The van der Waals surface area contributed by atoms with Crippen molar-refractivity contribution >= 4 is 0 Å². The maximum absolute atomic E-state index is 5.64. The maximum Gasteiger partial charge on any atom is 0.0438 e. The standard InChI is InChI=1S/C11H16N2/c1-8-9(6-12)7-13-11-5-3-2-4-10(8)11/h7H,2-6,12H2,1H3. The molecular formula is C11H16N2. The molecule has 0 aromatic carbocycles. The average molecular weight is 176 g/mol. The molecule has 1 aromatic heterocycles. The van der Waals surface area contributed by atoms with Crippen molar-refractivity contribution in [2.75, 3.05) is 0 Å². The first-order valence-electron chi connectivity index (χ1n) is 4.99. The molecule has 1 aromatic rings. The van der Waals surface area contributed by atoms with E-state index in [0.717, 1.165) is 6.42 Å². The molecule has 0 saturated carbocycles. The molecule has 1 aliphatic rings. The van der Waals surface area contributed by atoms with Crippen LogP contribution < -0.4 is 5.73 Å². The predicted octanol–water partition coefficient (Wildman–Crippen LogP) is 1.73. The van der Waals surface area contributed by atoms with Gasteiger partial charge in [0, 0.05) is 18.4 Å². The van der Waals surface area contributed by atoms with Crippen LogP contribution in [-0.2, 0) is 19.4 Å². The molecule has 2 N–H and O–H groups in total. The van der Waals surface area contributed by atoms with E-state index in [-0.39, 0.29) is 0 Å². The monoisotopic (exact) mass is 176 g/mol. The predicted molar refractivity (Wildman–Crippen MR) is 53.5 cm³/mol. The van der Waals surface area contributed by atoms with Gasteiger partial charge in [-0.15, -0.1) is 0 Å². The van der Waals surface area contributed by atoms with Crippen LogP contribution in [0.3, 0.4) is 0 Å². The molecule has 13 heavy (non-hydrogen) atoms. The molecule has 0 amide bonds. The van der Waals surface area contributed by atoms with Crippen molar-refractivity contribution in [2.45, 2.75) is 39.2 Å². The molecule has 1 aliphatic carbocycles. The Morgan fingerprint density at radius 1 is 1.38 bits per heavy atom. The Bertz CT molecular complexity index is 318. The minimum atomic E-state index is 0.617. The van der Waals surface area contributed by atoms with Gasteiger partial charge in [0.05, 0.1) is 0 Å². The quantitative estimate of drug-likeness (QED) is 0.707. The Hall–Kier alpha value is -0.890. The summed E-state index contributed by atoms with van der Waals surface area (Å²) in [4.78, 5) is 4.47. The smallest absolute Gasteiger partial charge is 0.0438 e. The number of fused-ring (bicyclic) bond motifs is 1. The molecule has 0 bridgehead atoms. The lowest BCUT2D eigenvalue weighted by atomic mass is 9.91. The van der Waals surface area contributed by atoms with Gasteiger partial charge in [-0.2, -0.15) is 0 Å². The fourth-order valence-electron chi connectivity index (χ4n) is 2.09. The first kappa shape index (κ1) is 8.70. The molecule has 70 valence electrons. The highest BCUT2D eigenvalue weighted by molar-refractivity contribution is 5.36. The van der Waals surface area contributed by atoms with Gasteiger partial charge in [0.1, 0.15) is 0 Å². The Morgan fingerprint density at radius 3 is 2.92 bits per heavy atom. The topological polar surface area (TPSA) is 38.9 Å². The second-order valence-corrected chi connectivity index (χ2v) is 3.74. The lowest BCUT2D eigenvalue weighted by Crippen LogP contribution is -2.11. The summed E-state index contributed by atoms with van der Waals surface area (Å²) in [5.74, 6) is 0. The Balaban J connectivity index is 2.48. The van der Waals surface area contributed by atoms with Crippen LogP contribution >= 0.6 is 0 Å². The fourth-order valence-corrected chi connectivity index (χ4v) is 2.09. The van der Waals surface area contributed by atoms with Crippen molar-refractivity contribution in [1.82, 2.24) is 4.98 Å². The Labute approximate surface area is 79.2 Å². The van der Waals surface area contributed by atoms with E-state index >= 15 is 0 Å². The van der Waals surface area contributed by atoms with Gasteiger partial charge in [-0.1, -0.05) is 0 Å². The third-order valence-electron chi connectivity index (χ3n) is 2.97. The molecule has 1 heterocycles. The van der Waals surface area contributed by atoms with Gasteiger partial charge >= 0.3 is 0 Å². The fraction of sp³-hybridized carbons (Fsp3) is 0.545. The van der Waals surface area contributed by atoms with Crippen molar-refractivity contribution in [3.63, 3.8) is 0 Å². The largest absolute Gasteiger partial charge is 0.326 e. The summed E-state index contributed by atoms with van der Waals surface area (Å²) in [7, 11) is 0. The number of nitrogens with zero attached hydrogens (tertiary/aromatic N) is 1. The summed E-state index contributed by atoms with van der Waals surface area (Å²) in [6.07, 6.45) is 6.90. The molecule has 2 nitrogen and oxygen atoms in total. The number of aryl methyl sites for hydroxylation is 1. The SMILES string of the molecule is Cc1c(CN)cnc2c1CCCC2. The number of aromatic nitrogens is 1. The Kier molecular flexibility index (Phi) is 2.32. The van der Waals surface area contributed by atoms with Crippen molar-refractivity contribution in [3.8, 4) is 0 Å². The number of hydrogen-bond donors (Lipinski definition) is 1. The van der Waals surface area contributed by atoms with E-state index in [1.807, 2.05) is 6.20 Å². The minimum Gasteiger partial charge on any atom is -0.326 e. The second-order valence-electron chi connectivity index (χ2n) is 3.74. The summed E-state index contributed by atoms with van der Waals surface area (Å²) in [5, 5.41) is 0. The van der Waals surface area contributed by atoms with E-state index < -0.39 is 0 Å². The summed E-state index contributed by atoms with van der Waals surface area (Å²) in [6, 6.07) is 0. The van der Waals surface area contributed by atoms with Crippen LogP contribution in [0.2, 0.25) is 0 Å². The van der Waals surface area contributed by atoms with Crippen molar-refractivity contribution in [3.05, 3.63) is 28.6 Å². The number of pyridine rings is 1. The van der Waals surface area contributed by atoms with Crippen LogP contribution in [0.15, 0.2) is 6.20 Å². The highest BCUT2D eigenvalue weighted by Gasteiger charge is 2.14. The average Bonchev–Trinajstić information content (AvgIpc) is 2.19. The van der Waals surface area contributed by atoms with E-state index in [1.165, 1.54) is 41.6 Å². The van der Waals surface area contributed by atoms with Crippen LogP contribution in [0.4, 0.5) is 0 Å². The van der Waals surface area contributed by atoms with Crippen LogP contribution in [0.1, 0.15) is 35.2 Å². The summed E-state index contributed by atoms with van der Waals surface area (Å²) in [5.41, 5.74) is 11.0. The van der Waals surface area contributed by atoms with E-state index in [4.69, 9.17) is 5.73 Å². The van der Waals surface area contributed by atoms with E-state index in [9.17, 15) is 0 Å². The number of hydrogen-bond acceptors (Lipinski definition) is 2. The first-order chi connectivity index (χ1) is 6.33. The molecule has 0 unspecified atom stereocenters. The van der Waals surface area contributed by atoms with Gasteiger partial charge in [-0.3, -0.25) is 4.98 Å². The summed E-state index contributed by atoms with van der Waals surface area (Å²) in [6.45, 7) is 2.79. The third-order valence-corrected chi connectivity index (χ3v) is 2.97. The zero-order chi connectivity index (χ0) is 9.26.